The number of halogens is 1. The minimum Gasteiger partial charge on any atom is -0.490 e. The molecule has 9 heteroatoms. The number of methoxy groups -OCH3 is 1. The quantitative estimate of drug-likeness (QED) is 0.225. The third kappa shape index (κ3) is 6.42. The smallest absolute Gasteiger partial charge is 0.337 e. The average Bonchev–Trinajstić information content (AvgIpc) is 3.16. The molecule has 1 amide bonds. The predicted octanol–water partition coefficient (Wildman–Crippen LogP) is 6.45. The van der Waals surface area contributed by atoms with Gasteiger partial charge in [0.05, 0.1) is 34.3 Å². The Bertz CT molecular complexity index is 1360. The van der Waals surface area contributed by atoms with Gasteiger partial charge in [-0.3, -0.25) is 9.69 Å². The predicted molar refractivity (Wildman–Crippen MR) is 149 cm³/mol. The number of hydrogen-bond acceptors (Lipinski definition) is 7. The summed E-state index contributed by atoms with van der Waals surface area (Å²) < 4.78 is 17.4. The summed E-state index contributed by atoms with van der Waals surface area (Å²) in [6.07, 6.45) is 1.81. The number of hydrogen-bond donors (Lipinski definition) is 0. The van der Waals surface area contributed by atoms with Gasteiger partial charge < -0.3 is 14.2 Å². The topological polar surface area (TPSA) is 77.4 Å². The highest BCUT2D eigenvalue weighted by molar-refractivity contribution is 9.10. The normalized spacial score (nSPS) is 15.4. The molecule has 0 saturated carbocycles. The van der Waals surface area contributed by atoms with E-state index in [2.05, 4.69) is 20.9 Å². The Morgan fingerprint density at radius 1 is 1.08 bits per heavy atom. The lowest BCUT2D eigenvalue weighted by molar-refractivity contribution is -0.121. The molecular weight excluding hydrogens is 556 g/mol. The van der Waals surface area contributed by atoms with Crippen molar-refractivity contribution in [3.8, 4) is 11.5 Å². The van der Waals surface area contributed by atoms with Crippen LogP contribution in [0.2, 0.25) is 0 Å². The molecule has 190 valence electrons. The number of benzene rings is 3. The molecular formula is C28H25BrN2O5S. The van der Waals surface area contributed by atoms with Crippen molar-refractivity contribution in [2.24, 2.45) is 4.99 Å². The molecule has 3 aromatic rings. The average molecular weight is 581 g/mol. The largest absolute Gasteiger partial charge is 0.490 e. The Morgan fingerprint density at radius 3 is 2.49 bits per heavy atom. The molecule has 1 fully saturated rings. The van der Waals surface area contributed by atoms with Gasteiger partial charge in [-0.05, 0) is 88.2 Å². The Labute approximate surface area is 228 Å². The van der Waals surface area contributed by atoms with E-state index in [0.29, 0.717) is 46.0 Å². The fourth-order valence-corrected chi connectivity index (χ4v) is 5.07. The fraction of sp³-hybridized carbons (Fsp3) is 0.179. The van der Waals surface area contributed by atoms with Crippen LogP contribution in [0.3, 0.4) is 0 Å². The van der Waals surface area contributed by atoms with Crippen LogP contribution < -0.4 is 9.47 Å². The van der Waals surface area contributed by atoms with Gasteiger partial charge in [0, 0.05) is 7.05 Å². The first-order valence-electron chi connectivity index (χ1n) is 11.5. The van der Waals surface area contributed by atoms with E-state index < -0.39 is 5.97 Å². The first-order chi connectivity index (χ1) is 17.9. The van der Waals surface area contributed by atoms with Crippen LogP contribution >= 0.6 is 27.7 Å². The first-order valence-corrected chi connectivity index (χ1v) is 13.1. The van der Waals surface area contributed by atoms with Crippen molar-refractivity contribution in [3.63, 3.8) is 0 Å². The second kappa shape index (κ2) is 12.1. The number of likely N-dealkylation sites (N-methyl/N-ethyl adjacent to an activating group) is 1. The molecule has 1 heterocycles. The highest BCUT2D eigenvalue weighted by Gasteiger charge is 2.30. The van der Waals surface area contributed by atoms with Crippen LogP contribution in [0.25, 0.3) is 6.08 Å². The summed E-state index contributed by atoms with van der Waals surface area (Å²) in [5, 5.41) is 0.536. The lowest BCUT2D eigenvalue weighted by atomic mass is 10.1. The standard InChI is InChI=1S/C28H25BrN2O5S/c1-4-35-23-15-19(14-22(29)25(23)36-17-18-8-6-5-7-9-18)16-24-26(32)31(2)28(37-24)30-21-12-10-20(11-13-21)27(33)34-3/h5-16H,4,17H2,1-3H3/b24-16+,30-28?. The zero-order valence-electron chi connectivity index (χ0n) is 20.6. The molecule has 0 bridgehead atoms. The van der Waals surface area contributed by atoms with Gasteiger partial charge in [0.1, 0.15) is 6.61 Å². The zero-order chi connectivity index (χ0) is 26.4. The molecule has 0 spiro atoms. The van der Waals surface area contributed by atoms with E-state index in [1.165, 1.54) is 23.8 Å². The maximum atomic E-state index is 12.9. The van der Waals surface area contributed by atoms with E-state index in [-0.39, 0.29) is 5.91 Å². The van der Waals surface area contributed by atoms with Crippen LogP contribution in [0.15, 0.2) is 81.1 Å². The van der Waals surface area contributed by atoms with Crippen molar-refractivity contribution in [3.05, 3.63) is 92.8 Å². The van der Waals surface area contributed by atoms with Crippen molar-refractivity contribution >= 4 is 56.5 Å². The third-order valence-electron chi connectivity index (χ3n) is 5.37. The first kappa shape index (κ1) is 26.5. The molecule has 0 atom stereocenters. The number of thioether (sulfide) groups is 1. The minimum atomic E-state index is -0.416. The highest BCUT2D eigenvalue weighted by atomic mass is 79.9. The lowest BCUT2D eigenvalue weighted by Crippen LogP contribution is -2.23. The summed E-state index contributed by atoms with van der Waals surface area (Å²) in [5.41, 5.74) is 2.89. The third-order valence-corrected chi connectivity index (χ3v) is 7.02. The van der Waals surface area contributed by atoms with Crippen LogP contribution in [0.5, 0.6) is 11.5 Å². The zero-order valence-corrected chi connectivity index (χ0v) is 23.0. The highest BCUT2D eigenvalue weighted by Crippen LogP contribution is 2.40. The van der Waals surface area contributed by atoms with Crippen molar-refractivity contribution in [2.75, 3.05) is 20.8 Å². The SMILES string of the molecule is CCOc1cc(/C=C2/SC(=Nc3ccc(C(=O)OC)cc3)N(C)C2=O)cc(Br)c1OCc1ccccc1. The number of amides is 1. The van der Waals surface area contributed by atoms with Crippen molar-refractivity contribution in [2.45, 2.75) is 13.5 Å². The number of carbonyl (C=O) groups excluding carboxylic acids is 2. The number of carbonyl (C=O) groups is 2. The maximum absolute atomic E-state index is 12.9. The number of rotatable bonds is 8. The molecule has 0 unspecified atom stereocenters. The Balaban J connectivity index is 1.56. The number of amidine groups is 1. The fourth-order valence-electron chi connectivity index (χ4n) is 3.51. The monoisotopic (exact) mass is 580 g/mol. The summed E-state index contributed by atoms with van der Waals surface area (Å²) in [6, 6.07) is 20.3. The van der Waals surface area contributed by atoms with Gasteiger partial charge >= 0.3 is 5.97 Å². The molecule has 7 nitrogen and oxygen atoms in total. The molecule has 0 N–H and O–H groups in total. The van der Waals surface area contributed by atoms with E-state index in [0.717, 1.165) is 15.6 Å². The Morgan fingerprint density at radius 2 is 1.81 bits per heavy atom. The van der Waals surface area contributed by atoms with Gasteiger partial charge in [-0.15, -0.1) is 0 Å². The summed E-state index contributed by atoms with van der Waals surface area (Å²) in [4.78, 5) is 31.2. The van der Waals surface area contributed by atoms with Crippen LogP contribution in [0, 0.1) is 0 Å². The van der Waals surface area contributed by atoms with E-state index in [1.54, 1.807) is 37.4 Å². The van der Waals surface area contributed by atoms with E-state index in [4.69, 9.17) is 14.2 Å². The van der Waals surface area contributed by atoms with Crippen LogP contribution in [-0.2, 0) is 16.1 Å². The van der Waals surface area contributed by atoms with Crippen molar-refractivity contribution in [1.82, 2.24) is 4.90 Å². The molecule has 1 aliphatic heterocycles. The summed E-state index contributed by atoms with van der Waals surface area (Å²) in [7, 11) is 3.02. The van der Waals surface area contributed by atoms with Gasteiger partial charge in [-0.2, -0.15) is 0 Å². The second-order valence-corrected chi connectivity index (χ2v) is 9.81. The van der Waals surface area contributed by atoms with Gasteiger partial charge in [0.15, 0.2) is 16.7 Å². The van der Waals surface area contributed by atoms with Gasteiger partial charge in [-0.1, -0.05) is 30.3 Å². The summed E-state index contributed by atoms with van der Waals surface area (Å²) in [6.45, 7) is 2.78. The van der Waals surface area contributed by atoms with Crippen molar-refractivity contribution < 1.29 is 23.8 Å². The molecule has 1 aliphatic rings. The molecule has 0 aliphatic carbocycles. The number of aliphatic imine (C=N–C) groups is 1. The van der Waals surface area contributed by atoms with Crippen molar-refractivity contribution in [1.29, 1.82) is 0 Å². The molecule has 4 rings (SSSR count). The minimum absolute atomic E-state index is 0.159. The summed E-state index contributed by atoms with van der Waals surface area (Å²) >= 11 is 4.88. The molecule has 0 radical (unpaired) electrons. The molecule has 0 aromatic heterocycles. The maximum Gasteiger partial charge on any atom is 0.337 e. The van der Waals surface area contributed by atoms with Gasteiger partial charge in [0.2, 0.25) is 0 Å². The van der Waals surface area contributed by atoms with Crippen LogP contribution in [0.1, 0.15) is 28.4 Å². The Hall–Kier alpha value is -3.56. The lowest BCUT2D eigenvalue weighted by Gasteiger charge is -2.15. The number of ether oxygens (including phenoxy) is 3. The second-order valence-electron chi connectivity index (χ2n) is 7.94. The van der Waals surface area contributed by atoms with E-state index >= 15 is 0 Å². The van der Waals surface area contributed by atoms with Crippen LogP contribution in [0.4, 0.5) is 5.69 Å². The summed E-state index contributed by atoms with van der Waals surface area (Å²) in [5.74, 6) is 0.616. The number of esters is 1. The van der Waals surface area contributed by atoms with E-state index in [9.17, 15) is 9.59 Å². The Kier molecular flexibility index (Phi) is 8.68. The van der Waals surface area contributed by atoms with Crippen LogP contribution in [-0.4, -0.2) is 42.7 Å². The molecule has 1 saturated heterocycles. The van der Waals surface area contributed by atoms with E-state index in [1.807, 2.05) is 49.4 Å². The van der Waals surface area contributed by atoms with Gasteiger partial charge in [0.25, 0.3) is 5.91 Å². The van der Waals surface area contributed by atoms with Gasteiger partial charge in [-0.25, -0.2) is 9.79 Å². The number of nitrogens with zero attached hydrogens (tertiary/aromatic N) is 2. The molecule has 3 aromatic carbocycles. The molecule has 37 heavy (non-hydrogen) atoms.